The number of amides is 1. The third kappa shape index (κ3) is 7.02. The van der Waals surface area contributed by atoms with Gasteiger partial charge in [0, 0.05) is 17.8 Å². The summed E-state index contributed by atoms with van der Waals surface area (Å²) >= 11 is 0. The van der Waals surface area contributed by atoms with Crippen LogP contribution < -0.4 is 19.5 Å². The van der Waals surface area contributed by atoms with Crippen LogP contribution in [0.25, 0.3) is 0 Å². The monoisotopic (exact) mass is 478 g/mol. The molecule has 0 aliphatic carbocycles. The molecule has 0 unspecified atom stereocenters. The summed E-state index contributed by atoms with van der Waals surface area (Å²) in [5.74, 6) is 3.40. The van der Waals surface area contributed by atoms with E-state index in [1.807, 2.05) is 31.2 Å². The minimum Gasteiger partial charge on any atom is -0.494 e. The summed E-state index contributed by atoms with van der Waals surface area (Å²) in [6, 6.07) is 20.0. The van der Waals surface area contributed by atoms with Crippen molar-refractivity contribution in [2.45, 2.75) is 18.2 Å². The lowest BCUT2D eigenvalue weighted by Crippen LogP contribution is -2.25. The second kappa shape index (κ2) is 11.8. The number of nitrogens with one attached hydrogen (secondary N) is 2. The topological polar surface area (TPSA) is 93.7 Å². The van der Waals surface area contributed by atoms with Crippen LogP contribution in [0.2, 0.25) is 0 Å². The Morgan fingerprint density at radius 2 is 1.65 bits per heavy atom. The van der Waals surface area contributed by atoms with E-state index in [9.17, 15) is 13.2 Å². The number of terminal acetylenes is 1. The Balaban J connectivity index is 1.56. The van der Waals surface area contributed by atoms with Gasteiger partial charge in [-0.15, -0.1) is 6.42 Å². The third-order valence-corrected chi connectivity index (χ3v) is 6.16. The van der Waals surface area contributed by atoms with Crippen molar-refractivity contribution in [1.82, 2.24) is 5.32 Å². The molecule has 3 rings (SSSR count). The first kappa shape index (κ1) is 24.7. The molecule has 34 heavy (non-hydrogen) atoms. The molecule has 0 saturated carbocycles. The molecule has 0 fully saturated rings. The number of carbonyl (C=O) groups is 1. The number of anilines is 1. The third-order valence-electron chi connectivity index (χ3n) is 4.77. The molecule has 3 aromatic rings. The van der Waals surface area contributed by atoms with E-state index >= 15 is 0 Å². The maximum Gasteiger partial charge on any atom is 0.261 e. The number of hydrogen-bond donors (Lipinski definition) is 2. The Hall–Kier alpha value is -3.96. The number of hydrogen-bond acceptors (Lipinski definition) is 5. The summed E-state index contributed by atoms with van der Waals surface area (Å²) in [4.78, 5) is 12.7. The van der Waals surface area contributed by atoms with Gasteiger partial charge in [-0.25, -0.2) is 8.42 Å². The maximum atomic E-state index is 12.7. The Morgan fingerprint density at radius 3 is 2.32 bits per heavy atom. The molecule has 0 atom stereocenters. The molecule has 0 saturated heterocycles. The standard InChI is InChI=1S/C26H26N2O5S/c1-3-18-33-24-10-8-20(9-11-24)16-17-27-26(29)21-6-5-7-22(19-21)28-34(30,31)25-14-12-23(13-15-25)32-4-2/h1,5-15,19,28H,4,16-18H2,2H3,(H,27,29). The van der Waals surface area contributed by atoms with E-state index in [0.717, 1.165) is 5.56 Å². The molecule has 7 nitrogen and oxygen atoms in total. The van der Waals surface area contributed by atoms with Gasteiger partial charge in [0.05, 0.1) is 11.5 Å². The van der Waals surface area contributed by atoms with E-state index in [-0.39, 0.29) is 17.4 Å². The van der Waals surface area contributed by atoms with Gasteiger partial charge >= 0.3 is 0 Å². The van der Waals surface area contributed by atoms with Gasteiger partial charge < -0.3 is 14.8 Å². The molecular formula is C26H26N2O5S. The zero-order valence-corrected chi connectivity index (χ0v) is 19.6. The molecule has 0 radical (unpaired) electrons. The van der Waals surface area contributed by atoms with Crippen LogP contribution in [-0.2, 0) is 16.4 Å². The molecule has 0 spiro atoms. The van der Waals surface area contributed by atoms with Crippen LogP contribution in [0.5, 0.6) is 11.5 Å². The predicted octanol–water partition coefficient (Wildman–Crippen LogP) is 3.87. The molecule has 3 aromatic carbocycles. The zero-order valence-electron chi connectivity index (χ0n) is 18.8. The van der Waals surface area contributed by atoms with Crippen LogP contribution in [0.4, 0.5) is 5.69 Å². The summed E-state index contributed by atoms with van der Waals surface area (Å²) in [5.41, 5.74) is 1.68. The van der Waals surface area contributed by atoms with Crippen LogP contribution in [0.3, 0.4) is 0 Å². The highest BCUT2D eigenvalue weighted by atomic mass is 32.2. The summed E-state index contributed by atoms with van der Waals surface area (Å²) in [6.07, 6.45) is 5.81. The first-order valence-electron chi connectivity index (χ1n) is 10.7. The minimum atomic E-state index is -3.81. The van der Waals surface area contributed by atoms with E-state index in [2.05, 4.69) is 16.0 Å². The molecule has 8 heteroatoms. The van der Waals surface area contributed by atoms with E-state index in [1.165, 1.54) is 18.2 Å². The van der Waals surface area contributed by atoms with Gasteiger partial charge in [0.1, 0.15) is 18.1 Å². The second-order valence-electron chi connectivity index (χ2n) is 7.23. The van der Waals surface area contributed by atoms with E-state index < -0.39 is 10.0 Å². The van der Waals surface area contributed by atoms with Crippen molar-refractivity contribution in [2.24, 2.45) is 0 Å². The first-order valence-corrected chi connectivity index (χ1v) is 12.2. The normalized spacial score (nSPS) is 10.7. The highest BCUT2D eigenvalue weighted by molar-refractivity contribution is 7.92. The molecule has 2 N–H and O–H groups in total. The van der Waals surface area contributed by atoms with Crippen molar-refractivity contribution in [3.05, 3.63) is 83.9 Å². The molecule has 0 heterocycles. The van der Waals surface area contributed by atoms with Gasteiger partial charge in [-0.2, -0.15) is 0 Å². The van der Waals surface area contributed by atoms with Crippen molar-refractivity contribution in [2.75, 3.05) is 24.5 Å². The minimum absolute atomic E-state index is 0.0986. The lowest BCUT2D eigenvalue weighted by molar-refractivity contribution is 0.0954. The molecular weight excluding hydrogens is 452 g/mol. The quantitative estimate of drug-likeness (QED) is 0.408. The molecule has 0 aromatic heterocycles. The predicted molar refractivity (Wildman–Crippen MR) is 132 cm³/mol. The van der Waals surface area contributed by atoms with Gasteiger partial charge in [-0.1, -0.05) is 24.1 Å². The maximum absolute atomic E-state index is 12.7. The fraction of sp³-hybridized carbons (Fsp3) is 0.192. The van der Waals surface area contributed by atoms with Crippen LogP contribution in [0.1, 0.15) is 22.8 Å². The van der Waals surface area contributed by atoms with Crippen molar-refractivity contribution < 1.29 is 22.7 Å². The van der Waals surface area contributed by atoms with Crippen molar-refractivity contribution in [3.8, 4) is 23.8 Å². The number of rotatable bonds is 11. The van der Waals surface area contributed by atoms with Crippen molar-refractivity contribution >= 4 is 21.6 Å². The summed E-state index contributed by atoms with van der Waals surface area (Å²) in [7, 11) is -3.81. The van der Waals surface area contributed by atoms with Crippen LogP contribution in [0.15, 0.2) is 77.7 Å². The SMILES string of the molecule is C#CCOc1ccc(CCNC(=O)c2cccc(NS(=O)(=O)c3ccc(OCC)cc3)c2)cc1. The first-order chi connectivity index (χ1) is 16.4. The Kier molecular flexibility index (Phi) is 8.54. The second-order valence-corrected chi connectivity index (χ2v) is 8.92. The van der Waals surface area contributed by atoms with E-state index in [0.29, 0.717) is 42.3 Å². The largest absolute Gasteiger partial charge is 0.494 e. The van der Waals surface area contributed by atoms with Crippen molar-refractivity contribution in [3.63, 3.8) is 0 Å². The van der Waals surface area contributed by atoms with Crippen LogP contribution in [0, 0.1) is 12.3 Å². The van der Waals surface area contributed by atoms with Gasteiger partial charge in [0.25, 0.3) is 15.9 Å². The summed E-state index contributed by atoms with van der Waals surface area (Å²) in [5, 5.41) is 2.85. The molecule has 0 aliphatic rings. The molecule has 0 bridgehead atoms. The summed E-state index contributed by atoms with van der Waals surface area (Å²) < 4.78 is 38.6. The van der Waals surface area contributed by atoms with Crippen LogP contribution in [-0.4, -0.2) is 34.1 Å². The number of benzene rings is 3. The summed E-state index contributed by atoms with van der Waals surface area (Å²) in [6.45, 7) is 2.98. The Morgan fingerprint density at radius 1 is 0.971 bits per heavy atom. The lowest BCUT2D eigenvalue weighted by atomic mass is 10.1. The fourth-order valence-electron chi connectivity index (χ4n) is 3.12. The Labute approximate surface area is 200 Å². The molecule has 176 valence electrons. The zero-order chi connectivity index (χ0) is 24.4. The van der Waals surface area contributed by atoms with Gasteiger partial charge in [-0.05, 0) is 73.5 Å². The smallest absolute Gasteiger partial charge is 0.261 e. The number of carbonyl (C=O) groups excluding carboxylic acids is 1. The highest BCUT2D eigenvalue weighted by Gasteiger charge is 2.15. The van der Waals surface area contributed by atoms with E-state index in [4.69, 9.17) is 15.9 Å². The Bertz CT molecular complexity index is 1250. The average Bonchev–Trinajstić information content (AvgIpc) is 2.84. The lowest BCUT2D eigenvalue weighted by Gasteiger charge is -2.11. The molecule has 1 amide bonds. The van der Waals surface area contributed by atoms with Gasteiger partial charge in [0.2, 0.25) is 0 Å². The average molecular weight is 479 g/mol. The van der Waals surface area contributed by atoms with Crippen molar-refractivity contribution in [1.29, 1.82) is 0 Å². The highest BCUT2D eigenvalue weighted by Crippen LogP contribution is 2.20. The number of ether oxygens (including phenoxy) is 2. The van der Waals surface area contributed by atoms with E-state index in [1.54, 1.807) is 30.3 Å². The number of sulfonamides is 1. The van der Waals surface area contributed by atoms with Gasteiger partial charge in [0.15, 0.2) is 0 Å². The fourth-order valence-corrected chi connectivity index (χ4v) is 4.17. The molecule has 0 aliphatic heterocycles. The van der Waals surface area contributed by atoms with Gasteiger partial charge in [-0.3, -0.25) is 9.52 Å². The van der Waals surface area contributed by atoms with Crippen LogP contribution >= 0.6 is 0 Å².